The summed E-state index contributed by atoms with van der Waals surface area (Å²) in [4.78, 5) is 14.0. The molecule has 4 rings (SSSR count). The number of fused-ring (bicyclic) bond motifs is 2. The van der Waals surface area contributed by atoms with Crippen LogP contribution in [-0.2, 0) is 0 Å². The topological polar surface area (TPSA) is 33.5 Å². The number of rotatable bonds is 2. The Balaban J connectivity index is 2.17. The standard InChI is InChI=1S/C21H16ClNO2/c1-23(2)14-8-9-15-19(10-14)25-20-12-18(24)17(22)11-16(20)21(15)13-6-4-3-5-7-13/h3-12H,1-2H3. The lowest BCUT2D eigenvalue weighted by molar-refractivity contribution is 0.619. The third kappa shape index (κ3) is 2.67. The smallest absolute Gasteiger partial charge is 0.200 e. The van der Waals surface area contributed by atoms with Gasteiger partial charge >= 0.3 is 0 Å². The van der Waals surface area contributed by atoms with Gasteiger partial charge in [0.05, 0.1) is 5.02 Å². The molecule has 124 valence electrons. The van der Waals surface area contributed by atoms with Crippen molar-refractivity contribution in [1.29, 1.82) is 0 Å². The van der Waals surface area contributed by atoms with Gasteiger partial charge < -0.3 is 9.32 Å². The SMILES string of the molecule is CN(C)c1ccc2c(-c3ccccc3)c3cc(Cl)c(=O)cc-3oc2c1. The van der Waals surface area contributed by atoms with E-state index in [2.05, 4.69) is 12.1 Å². The van der Waals surface area contributed by atoms with E-state index in [1.807, 2.05) is 55.4 Å². The first-order chi connectivity index (χ1) is 12.0. The average molecular weight is 350 g/mol. The molecule has 2 aliphatic rings. The van der Waals surface area contributed by atoms with Crippen LogP contribution in [0.5, 0.6) is 0 Å². The molecule has 3 nitrogen and oxygen atoms in total. The highest BCUT2D eigenvalue weighted by Gasteiger charge is 2.19. The normalized spacial score (nSPS) is 11.2. The molecule has 2 aromatic rings. The molecule has 0 aromatic heterocycles. The van der Waals surface area contributed by atoms with E-state index in [0.29, 0.717) is 5.76 Å². The molecule has 0 unspecified atom stereocenters. The summed E-state index contributed by atoms with van der Waals surface area (Å²) in [5.41, 5.74) is 4.44. The molecular weight excluding hydrogens is 334 g/mol. The zero-order chi connectivity index (χ0) is 17.6. The second kappa shape index (κ2) is 5.94. The number of hydrogen-bond donors (Lipinski definition) is 0. The van der Waals surface area contributed by atoms with E-state index in [-0.39, 0.29) is 10.5 Å². The van der Waals surface area contributed by atoms with E-state index in [1.165, 1.54) is 6.07 Å². The molecule has 0 radical (unpaired) electrons. The van der Waals surface area contributed by atoms with Crippen molar-refractivity contribution in [3.05, 3.63) is 75.9 Å². The Morgan fingerprint density at radius 1 is 0.960 bits per heavy atom. The minimum Gasteiger partial charge on any atom is -0.456 e. The van der Waals surface area contributed by atoms with Gasteiger partial charge in [0.25, 0.3) is 0 Å². The third-order valence-corrected chi connectivity index (χ3v) is 4.63. The van der Waals surface area contributed by atoms with Crippen LogP contribution in [0.1, 0.15) is 0 Å². The molecule has 0 atom stereocenters. The average Bonchev–Trinajstić information content (AvgIpc) is 2.61. The van der Waals surface area contributed by atoms with E-state index < -0.39 is 0 Å². The largest absolute Gasteiger partial charge is 0.456 e. The van der Waals surface area contributed by atoms with Crippen molar-refractivity contribution in [2.75, 3.05) is 19.0 Å². The molecule has 1 heterocycles. The van der Waals surface area contributed by atoms with E-state index in [4.69, 9.17) is 16.0 Å². The summed E-state index contributed by atoms with van der Waals surface area (Å²) in [5.74, 6) is 0.539. The summed E-state index contributed by atoms with van der Waals surface area (Å²) in [5, 5.41) is 1.18. The Hall–Kier alpha value is -2.78. The van der Waals surface area contributed by atoms with Crippen LogP contribution in [0.2, 0.25) is 5.02 Å². The highest BCUT2D eigenvalue weighted by Crippen LogP contribution is 2.41. The highest BCUT2D eigenvalue weighted by molar-refractivity contribution is 6.31. The summed E-state index contributed by atoms with van der Waals surface area (Å²) in [6.45, 7) is 0. The van der Waals surface area contributed by atoms with E-state index >= 15 is 0 Å². The van der Waals surface area contributed by atoms with E-state index in [0.717, 1.165) is 33.3 Å². The van der Waals surface area contributed by atoms with Crippen LogP contribution in [0, 0.1) is 0 Å². The Bertz CT molecular complexity index is 1100. The lowest BCUT2D eigenvalue weighted by Crippen LogP contribution is -2.08. The predicted molar refractivity (Wildman–Crippen MR) is 104 cm³/mol. The molecule has 1 aliphatic heterocycles. The van der Waals surface area contributed by atoms with Crippen molar-refractivity contribution in [2.24, 2.45) is 0 Å². The maximum Gasteiger partial charge on any atom is 0.200 e. The van der Waals surface area contributed by atoms with Gasteiger partial charge in [-0.2, -0.15) is 0 Å². The number of benzene rings is 3. The first-order valence-corrected chi connectivity index (χ1v) is 8.35. The maximum absolute atomic E-state index is 12.0. The number of hydrogen-bond acceptors (Lipinski definition) is 3. The van der Waals surface area contributed by atoms with Crippen molar-refractivity contribution < 1.29 is 4.42 Å². The summed E-state index contributed by atoms with van der Waals surface area (Å²) in [6.07, 6.45) is 0. The predicted octanol–water partition coefficient (Wildman–Crippen LogP) is 5.28. The lowest BCUT2D eigenvalue weighted by atomic mass is 9.93. The van der Waals surface area contributed by atoms with Gasteiger partial charge in [0.2, 0.25) is 5.43 Å². The Morgan fingerprint density at radius 3 is 2.44 bits per heavy atom. The van der Waals surface area contributed by atoms with Crippen molar-refractivity contribution in [3.8, 4) is 22.5 Å². The molecule has 0 saturated heterocycles. The fraction of sp³-hybridized carbons (Fsp3) is 0.0952. The van der Waals surface area contributed by atoms with Gasteiger partial charge in [-0.3, -0.25) is 4.79 Å². The van der Waals surface area contributed by atoms with Crippen molar-refractivity contribution in [1.82, 2.24) is 0 Å². The number of nitrogens with zero attached hydrogens (tertiary/aromatic N) is 1. The molecule has 0 saturated carbocycles. The van der Waals surface area contributed by atoms with Crippen LogP contribution in [0.15, 0.2) is 69.9 Å². The van der Waals surface area contributed by atoms with Crippen LogP contribution >= 0.6 is 11.6 Å². The summed E-state index contributed by atoms with van der Waals surface area (Å²) in [7, 11) is 3.96. The first kappa shape index (κ1) is 15.7. The molecule has 2 aromatic carbocycles. The van der Waals surface area contributed by atoms with Crippen LogP contribution < -0.4 is 10.3 Å². The summed E-state index contributed by atoms with van der Waals surface area (Å²) >= 11 is 6.10. The van der Waals surface area contributed by atoms with Crippen LogP contribution in [-0.4, -0.2) is 14.1 Å². The van der Waals surface area contributed by atoms with Crippen molar-refractivity contribution in [2.45, 2.75) is 0 Å². The molecule has 0 N–H and O–H groups in total. The van der Waals surface area contributed by atoms with Gasteiger partial charge in [0.15, 0.2) is 0 Å². The number of halogens is 1. The summed E-state index contributed by atoms with van der Waals surface area (Å²) < 4.78 is 6.05. The second-order valence-corrected chi connectivity index (χ2v) is 6.60. The molecule has 4 heteroatoms. The molecule has 1 aliphatic carbocycles. The van der Waals surface area contributed by atoms with Crippen molar-refractivity contribution >= 4 is 28.3 Å². The van der Waals surface area contributed by atoms with Gasteiger partial charge in [-0.05, 0) is 23.8 Å². The van der Waals surface area contributed by atoms with E-state index in [9.17, 15) is 4.79 Å². The zero-order valence-electron chi connectivity index (χ0n) is 13.9. The molecule has 0 spiro atoms. The minimum atomic E-state index is -0.236. The molecular formula is C21H16ClNO2. The van der Waals surface area contributed by atoms with Gasteiger partial charge in [-0.25, -0.2) is 0 Å². The fourth-order valence-electron chi connectivity index (χ4n) is 3.07. The fourth-order valence-corrected chi connectivity index (χ4v) is 3.24. The maximum atomic E-state index is 12.0. The van der Waals surface area contributed by atoms with E-state index in [1.54, 1.807) is 6.07 Å². The Kier molecular flexibility index (Phi) is 3.74. The monoisotopic (exact) mass is 349 g/mol. The zero-order valence-corrected chi connectivity index (χ0v) is 14.7. The summed E-state index contributed by atoms with van der Waals surface area (Å²) in [6, 6.07) is 19.3. The van der Waals surface area contributed by atoms with Crippen LogP contribution in [0.4, 0.5) is 5.69 Å². The minimum absolute atomic E-state index is 0.198. The highest BCUT2D eigenvalue weighted by atomic mass is 35.5. The molecule has 0 fully saturated rings. The Labute approximate surface area is 150 Å². The first-order valence-electron chi connectivity index (χ1n) is 7.97. The van der Waals surface area contributed by atoms with Gasteiger partial charge in [0.1, 0.15) is 11.3 Å². The molecule has 0 bridgehead atoms. The number of anilines is 1. The van der Waals surface area contributed by atoms with Crippen LogP contribution in [0.25, 0.3) is 33.4 Å². The lowest BCUT2D eigenvalue weighted by Gasteiger charge is -2.18. The second-order valence-electron chi connectivity index (χ2n) is 6.20. The molecule has 25 heavy (non-hydrogen) atoms. The van der Waals surface area contributed by atoms with Gasteiger partial charge in [-0.15, -0.1) is 0 Å². The third-order valence-electron chi connectivity index (χ3n) is 4.34. The van der Waals surface area contributed by atoms with Gasteiger partial charge in [0, 0.05) is 48.4 Å². The van der Waals surface area contributed by atoms with Crippen LogP contribution in [0.3, 0.4) is 0 Å². The van der Waals surface area contributed by atoms with Gasteiger partial charge in [-0.1, -0.05) is 41.9 Å². The Morgan fingerprint density at radius 2 is 1.72 bits per heavy atom. The van der Waals surface area contributed by atoms with Crippen molar-refractivity contribution in [3.63, 3.8) is 0 Å². The quantitative estimate of drug-likeness (QED) is 0.461. The molecule has 0 amide bonds.